The van der Waals surface area contributed by atoms with Gasteiger partial charge in [-0.2, -0.15) is 0 Å². The number of hydrogen-bond acceptors (Lipinski definition) is 6. The van der Waals surface area contributed by atoms with Gasteiger partial charge >= 0.3 is 17.5 Å². The molecule has 0 aliphatic carbocycles. The fourth-order valence-electron chi connectivity index (χ4n) is 0.709. The molecular formula is C6H10O8. The van der Waals surface area contributed by atoms with E-state index in [2.05, 4.69) is 0 Å². The Morgan fingerprint density at radius 3 is 1.43 bits per heavy atom. The molecule has 0 bridgehead atoms. The maximum atomic E-state index is 10.4. The molecule has 0 rings (SSSR count). The standard InChI is InChI=1S/C6H10O8/c1-2(7)6(13,14)5(12,3(8)9)4(10)11/h2,7,12-14H,1H3,(H,8,9)(H,10,11). The second-order valence-electron chi connectivity index (χ2n) is 2.72. The van der Waals surface area contributed by atoms with Crippen molar-refractivity contribution in [2.24, 2.45) is 0 Å². The van der Waals surface area contributed by atoms with Crippen LogP contribution in [0.4, 0.5) is 0 Å². The van der Waals surface area contributed by atoms with Gasteiger partial charge in [0.15, 0.2) is 0 Å². The zero-order valence-corrected chi connectivity index (χ0v) is 7.08. The number of aliphatic hydroxyl groups is 4. The molecule has 0 aliphatic heterocycles. The van der Waals surface area contributed by atoms with Gasteiger partial charge in [0, 0.05) is 0 Å². The molecule has 0 fully saturated rings. The van der Waals surface area contributed by atoms with E-state index in [0.717, 1.165) is 6.92 Å². The predicted octanol–water partition coefficient (Wildman–Crippen LogP) is -3.05. The van der Waals surface area contributed by atoms with E-state index < -0.39 is 29.4 Å². The summed E-state index contributed by atoms with van der Waals surface area (Å²) in [5, 5.41) is 52.3. The van der Waals surface area contributed by atoms with Gasteiger partial charge in [0.25, 0.3) is 0 Å². The zero-order valence-electron chi connectivity index (χ0n) is 7.08. The van der Waals surface area contributed by atoms with Crippen LogP contribution in [0.15, 0.2) is 0 Å². The highest BCUT2D eigenvalue weighted by Gasteiger charge is 2.64. The number of aliphatic carboxylic acids is 2. The summed E-state index contributed by atoms with van der Waals surface area (Å²) in [6.45, 7) is 0.719. The van der Waals surface area contributed by atoms with Crippen LogP contribution in [0.3, 0.4) is 0 Å². The van der Waals surface area contributed by atoms with E-state index >= 15 is 0 Å². The molecule has 0 aromatic carbocycles. The van der Waals surface area contributed by atoms with Crippen LogP contribution < -0.4 is 0 Å². The Labute approximate surface area is 77.7 Å². The van der Waals surface area contributed by atoms with Crippen LogP contribution in [-0.4, -0.2) is 60.1 Å². The van der Waals surface area contributed by atoms with Crippen molar-refractivity contribution in [1.29, 1.82) is 0 Å². The maximum absolute atomic E-state index is 10.4. The quantitative estimate of drug-likeness (QED) is 0.211. The van der Waals surface area contributed by atoms with Crippen LogP contribution in [0.2, 0.25) is 0 Å². The van der Waals surface area contributed by atoms with Gasteiger partial charge in [-0.3, -0.25) is 0 Å². The molecule has 0 amide bonds. The van der Waals surface area contributed by atoms with Crippen molar-refractivity contribution in [3.8, 4) is 0 Å². The van der Waals surface area contributed by atoms with Crippen molar-refractivity contribution in [3.05, 3.63) is 0 Å². The van der Waals surface area contributed by atoms with Crippen molar-refractivity contribution in [1.82, 2.24) is 0 Å². The fourth-order valence-corrected chi connectivity index (χ4v) is 0.709. The van der Waals surface area contributed by atoms with E-state index in [9.17, 15) is 9.59 Å². The first kappa shape index (κ1) is 12.8. The molecule has 14 heavy (non-hydrogen) atoms. The molecule has 0 spiro atoms. The van der Waals surface area contributed by atoms with Crippen molar-refractivity contribution in [2.75, 3.05) is 0 Å². The molecule has 1 atom stereocenters. The SMILES string of the molecule is CC(O)C(O)(O)C(O)(C(=O)O)C(=O)O. The zero-order chi connectivity index (χ0) is 11.7. The molecule has 82 valence electrons. The Morgan fingerprint density at radius 1 is 1.07 bits per heavy atom. The molecule has 6 N–H and O–H groups in total. The summed E-state index contributed by atoms with van der Waals surface area (Å²) in [4.78, 5) is 20.7. The average molecular weight is 210 g/mol. The van der Waals surface area contributed by atoms with Gasteiger partial charge < -0.3 is 30.6 Å². The normalized spacial score (nSPS) is 14.9. The predicted molar refractivity (Wildman–Crippen MR) is 39.1 cm³/mol. The summed E-state index contributed by atoms with van der Waals surface area (Å²) in [7, 11) is 0. The van der Waals surface area contributed by atoms with E-state index in [1.54, 1.807) is 0 Å². The van der Waals surface area contributed by atoms with E-state index in [1.165, 1.54) is 0 Å². The highest BCUT2D eigenvalue weighted by atomic mass is 16.6. The molecular weight excluding hydrogens is 200 g/mol. The molecule has 0 heterocycles. The lowest BCUT2D eigenvalue weighted by atomic mass is 9.89. The second-order valence-corrected chi connectivity index (χ2v) is 2.72. The molecule has 1 unspecified atom stereocenters. The Morgan fingerprint density at radius 2 is 1.36 bits per heavy atom. The third kappa shape index (κ3) is 1.55. The van der Waals surface area contributed by atoms with Gasteiger partial charge in [-0.25, -0.2) is 9.59 Å². The highest BCUT2D eigenvalue weighted by Crippen LogP contribution is 2.24. The van der Waals surface area contributed by atoms with Gasteiger partial charge in [-0.1, -0.05) is 0 Å². The van der Waals surface area contributed by atoms with Gasteiger partial charge in [0.05, 0.1) is 0 Å². The Hall–Kier alpha value is -1.22. The number of aliphatic hydroxyl groups excluding tert-OH is 1. The van der Waals surface area contributed by atoms with Crippen molar-refractivity contribution < 1.29 is 40.2 Å². The molecule has 0 radical (unpaired) electrons. The lowest BCUT2D eigenvalue weighted by Crippen LogP contribution is -2.68. The van der Waals surface area contributed by atoms with Crippen LogP contribution in [0.5, 0.6) is 0 Å². The summed E-state index contributed by atoms with van der Waals surface area (Å²) >= 11 is 0. The lowest BCUT2D eigenvalue weighted by Gasteiger charge is -2.34. The van der Waals surface area contributed by atoms with E-state index in [1.807, 2.05) is 0 Å². The minimum atomic E-state index is -3.89. The number of carboxylic acid groups (broad SMARTS) is 2. The largest absolute Gasteiger partial charge is 0.478 e. The Kier molecular flexibility index (Phi) is 3.19. The summed E-state index contributed by atoms with van der Waals surface area (Å²) in [5.74, 6) is -8.48. The van der Waals surface area contributed by atoms with Crippen molar-refractivity contribution in [3.63, 3.8) is 0 Å². The van der Waals surface area contributed by atoms with E-state index in [-0.39, 0.29) is 0 Å². The Balaban J connectivity index is 5.44. The molecule has 0 aliphatic rings. The van der Waals surface area contributed by atoms with Gasteiger partial charge in [0.2, 0.25) is 5.79 Å². The van der Waals surface area contributed by atoms with Gasteiger partial charge in [0.1, 0.15) is 6.10 Å². The summed E-state index contributed by atoms with van der Waals surface area (Å²) in [5.41, 5.74) is -3.89. The summed E-state index contributed by atoms with van der Waals surface area (Å²) in [6.07, 6.45) is -2.17. The number of carbonyl (C=O) groups is 2. The van der Waals surface area contributed by atoms with Crippen molar-refractivity contribution in [2.45, 2.75) is 24.4 Å². The lowest BCUT2D eigenvalue weighted by molar-refractivity contribution is -0.302. The molecule has 0 aromatic rings. The number of carboxylic acids is 2. The number of hydrogen-bond donors (Lipinski definition) is 6. The first-order valence-electron chi connectivity index (χ1n) is 3.40. The first-order valence-corrected chi connectivity index (χ1v) is 3.40. The molecule has 8 nitrogen and oxygen atoms in total. The van der Waals surface area contributed by atoms with Gasteiger partial charge in [-0.05, 0) is 6.92 Å². The minimum Gasteiger partial charge on any atom is -0.478 e. The van der Waals surface area contributed by atoms with Crippen LogP contribution in [0, 0.1) is 0 Å². The second kappa shape index (κ2) is 3.50. The average Bonchev–Trinajstić information content (AvgIpc) is 2.01. The monoisotopic (exact) mass is 210 g/mol. The Bertz CT molecular complexity index is 241. The van der Waals surface area contributed by atoms with Crippen LogP contribution in [-0.2, 0) is 9.59 Å². The molecule has 0 saturated carbocycles. The smallest absolute Gasteiger partial charge is 0.353 e. The summed E-state index contributed by atoms with van der Waals surface area (Å²) in [6, 6.07) is 0. The van der Waals surface area contributed by atoms with Crippen LogP contribution in [0.1, 0.15) is 6.92 Å². The molecule has 0 aromatic heterocycles. The maximum Gasteiger partial charge on any atom is 0.353 e. The van der Waals surface area contributed by atoms with E-state index in [4.69, 9.17) is 30.6 Å². The third-order valence-electron chi connectivity index (χ3n) is 1.73. The van der Waals surface area contributed by atoms with Crippen molar-refractivity contribution >= 4 is 11.9 Å². The summed E-state index contributed by atoms with van der Waals surface area (Å²) < 4.78 is 0. The molecule has 8 heteroatoms. The molecule has 0 saturated heterocycles. The van der Waals surface area contributed by atoms with Gasteiger partial charge in [-0.15, -0.1) is 0 Å². The van der Waals surface area contributed by atoms with E-state index in [0.29, 0.717) is 0 Å². The first-order chi connectivity index (χ1) is 6.08. The third-order valence-corrected chi connectivity index (χ3v) is 1.73. The van der Waals surface area contributed by atoms with Crippen LogP contribution in [0.25, 0.3) is 0 Å². The topological polar surface area (TPSA) is 156 Å². The highest BCUT2D eigenvalue weighted by molar-refractivity contribution is 6.02. The fraction of sp³-hybridized carbons (Fsp3) is 0.667. The van der Waals surface area contributed by atoms with Crippen LogP contribution >= 0.6 is 0 Å². The minimum absolute atomic E-state index is 0.719. The number of rotatable bonds is 4.